The number of carbonyl (C=O) groups excluding carboxylic acids is 1. The summed E-state index contributed by atoms with van der Waals surface area (Å²) in [5, 5.41) is 21.5. The monoisotopic (exact) mass is 263 g/mol. The summed E-state index contributed by atoms with van der Waals surface area (Å²) in [6.07, 6.45) is -0.649. The van der Waals surface area contributed by atoms with E-state index in [0.717, 1.165) is 5.56 Å². The lowest BCUT2D eigenvalue weighted by molar-refractivity contribution is -0.122. The molecule has 1 aromatic carbocycles. The van der Waals surface area contributed by atoms with Crippen molar-refractivity contribution >= 4 is 5.91 Å². The number of rotatable bonds is 8. The number of nitriles is 1. The number of carbonyl (C=O) groups is 1. The minimum atomic E-state index is -0.649. The molecule has 1 rings (SSSR count). The minimum Gasteiger partial charge on any atom is -0.387 e. The van der Waals surface area contributed by atoms with Gasteiger partial charge in [-0.3, -0.25) is 4.79 Å². The van der Waals surface area contributed by atoms with E-state index in [2.05, 4.69) is 5.32 Å². The smallest absolute Gasteiger partial charge is 0.243 e. The molecule has 0 bridgehead atoms. The third-order valence-corrected chi connectivity index (χ3v) is 2.43. The van der Waals surface area contributed by atoms with Crippen LogP contribution in [0.25, 0.3) is 0 Å². The number of hydrogen-bond acceptors (Lipinski definition) is 5. The molecule has 0 aromatic heterocycles. The number of benzene rings is 1. The molecule has 0 spiro atoms. The van der Waals surface area contributed by atoms with E-state index in [4.69, 9.17) is 15.7 Å². The zero-order chi connectivity index (χ0) is 14.1. The zero-order valence-electron chi connectivity index (χ0n) is 10.5. The number of nitrogens with one attached hydrogen (secondary N) is 1. The lowest BCUT2D eigenvalue weighted by Crippen LogP contribution is -2.27. The average Bonchev–Trinajstić information content (AvgIpc) is 2.42. The highest BCUT2D eigenvalue weighted by Crippen LogP contribution is 2.12. The summed E-state index contributed by atoms with van der Waals surface area (Å²) in [5.41, 5.74) is 6.21. The molecule has 102 valence electrons. The van der Waals surface area contributed by atoms with Crippen LogP contribution in [0, 0.1) is 11.3 Å². The van der Waals surface area contributed by atoms with E-state index in [-0.39, 0.29) is 6.61 Å². The maximum atomic E-state index is 10.4. The van der Waals surface area contributed by atoms with Crippen LogP contribution in [-0.4, -0.2) is 37.3 Å². The Morgan fingerprint density at radius 2 is 2.16 bits per heavy atom. The van der Waals surface area contributed by atoms with Gasteiger partial charge >= 0.3 is 0 Å². The zero-order valence-corrected chi connectivity index (χ0v) is 10.5. The lowest BCUT2D eigenvalue weighted by Gasteiger charge is -2.12. The average molecular weight is 263 g/mol. The highest BCUT2D eigenvalue weighted by Gasteiger charge is 2.06. The number of amides is 1. The van der Waals surface area contributed by atoms with Crippen LogP contribution >= 0.6 is 0 Å². The van der Waals surface area contributed by atoms with Crippen LogP contribution < -0.4 is 11.1 Å². The van der Waals surface area contributed by atoms with Gasteiger partial charge in [0.25, 0.3) is 0 Å². The second-order valence-corrected chi connectivity index (χ2v) is 3.97. The fraction of sp³-hybridized carbons (Fsp3) is 0.385. The Balaban J connectivity index is 2.21. The summed E-state index contributed by atoms with van der Waals surface area (Å²) in [6, 6.07) is 8.77. The Kier molecular flexibility index (Phi) is 6.53. The quantitative estimate of drug-likeness (QED) is 0.557. The van der Waals surface area contributed by atoms with Crippen LogP contribution in [0.1, 0.15) is 17.2 Å². The summed E-state index contributed by atoms with van der Waals surface area (Å²) < 4.78 is 4.96. The van der Waals surface area contributed by atoms with Gasteiger partial charge in [0.15, 0.2) is 0 Å². The lowest BCUT2D eigenvalue weighted by atomic mass is 10.1. The van der Waals surface area contributed by atoms with Gasteiger partial charge in [-0.05, 0) is 17.7 Å². The molecular formula is C13H17N3O3. The maximum absolute atomic E-state index is 10.4. The molecular weight excluding hydrogens is 246 g/mol. The molecule has 0 aliphatic heterocycles. The molecule has 0 saturated carbocycles. The topological polar surface area (TPSA) is 108 Å². The van der Waals surface area contributed by atoms with Crippen molar-refractivity contribution < 1.29 is 14.6 Å². The summed E-state index contributed by atoms with van der Waals surface area (Å²) in [4.78, 5) is 10.4. The molecule has 6 nitrogen and oxygen atoms in total. The SMILES string of the molecule is N#Cc1ccc(C(O)CNCCOCC(N)=O)cc1. The van der Waals surface area contributed by atoms with Gasteiger partial charge < -0.3 is 20.9 Å². The number of hydrogen-bond donors (Lipinski definition) is 3. The van der Waals surface area contributed by atoms with E-state index in [9.17, 15) is 9.90 Å². The van der Waals surface area contributed by atoms with E-state index in [1.165, 1.54) is 0 Å². The van der Waals surface area contributed by atoms with Crippen LogP contribution in [0.3, 0.4) is 0 Å². The first-order chi connectivity index (χ1) is 9.13. The molecule has 0 fully saturated rings. The molecule has 1 aromatic rings. The number of aliphatic hydroxyl groups is 1. The number of primary amides is 1. The van der Waals surface area contributed by atoms with Gasteiger partial charge in [0, 0.05) is 13.1 Å². The molecule has 0 radical (unpaired) electrons. The summed E-state index contributed by atoms with van der Waals surface area (Å²) in [5.74, 6) is -0.502. The summed E-state index contributed by atoms with van der Waals surface area (Å²) >= 11 is 0. The van der Waals surface area contributed by atoms with Crippen molar-refractivity contribution in [1.82, 2.24) is 5.32 Å². The van der Waals surface area contributed by atoms with Crippen molar-refractivity contribution in [2.75, 3.05) is 26.3 Å². The van der Waals surface area contributed by atoms with Crippen molar-refractivity contribution in [2.24, 2.45) is 5.73 Å². The molecule has 1 unspecified atom stereocenters. The second-order valence-electron chi connectivity index (χ2n) is 3.97. The molecule has 4 N–H and O–H groups in total. The van der Waals surface area contributed by atoms with Gasteiger partial charge in [-0.25, -0.2) is 0 Å². The van der Waals surface area contributed by atoms with E-state index in [0.29, 0.717) is 25.3 Å². The van der Waals surface area contributed by atoms with E-state index in [1.807, 2.05) is 6.07 Å². The predicted octanol–water partition coefficient (Wildman–Crippen LogP) is -0.317. The molecule has 1 atom stereocenters. The molecule has 0 heterocycles. The van der Waals surface area contributed by atoms with E-state index < -0.39 is 12.0 Å². The highest BCUT2D eigenvalue weighted by molar-refractivity contribution is 5.74. The van der Waals surface area contributed by atoms with Gasteiger partial charge in [0.05, 0.1) is 24.3 Å². The van der Waals surface area contributed by atoms with Crippen LogP contribution in [-0.2, 0) is 9.53 Å². The second kappa shape index (κ2) is 8.21. The van der Waals surface area contributed by atoms with Gasteiger partial charge in [-0.15, -0.1) is 0 Å². The standard InChI is InChI=1S/C13H17N3O3/c14-7-10-1-3-11(4-2-10)12(17)8-16-5-6-19-9-13(15)18/h1-4,12,16-17H,5-6,8-9H2,(H2,15,18). The normalized spacial score (nSPS) is 11.8. The van der Waals surface area contributed by atoms with Crippen molar-refractivity contribution in [2.45, 2.75) is 6.10 Å². The third-order valence-electron chi connectivity index (χ3n) is 2.43. The van der Waals surface area contributed by atoms with Gasteiger partial charge in [-0.2, -0.15) is 5.26 Å². The van der Waals surface area contributed by atoms with Crippen LogP contribution in [0.4, 0.5) is 0 Å². The Bertz CT molecular complexity index is 439. The molecule has 19 heavy (non-hydrogen) atoms. The van der Waals surface area contributed by atoms with Crippen LogP contribution in [0.15, 0.2) is 24.3 Å². The number of aliphatic hydroxyl groups excluding tert-OH is 1. The molecule has 0 aliphatic rings. The predicted molar refractivity (Wildman–Crippen MR) is 69.0 cm³/mol. The number of nitrogens with zero attached hydrogens (tertiary/aromatic N) is 1. The van der Waals surface area contributed by atoms with E-state index in [1.54, 1.807) is 24.3 Å². The molecule has 0 saturated heterocycles. The fourth-order valence-corrected chi connectivity index (χ4v) is 1.45. The molecule has 6 heteroatoms. The van der Waals surface area contributed by atoms with Crippen molar-refractivity contribution in [3.05, 3.63) is 35.4 Å². The van der Waals surface area contributed by atoms with E-state index >= 15 is 0 Å². The summed E-state index contributed by atoms with van der Waals surface area (Å²) in [7, 11) is 0. The fourth-order valence-electron chi connectivity index (χ4n) is 1.45. The van der Waals surface area contributed by atoms with Crippen LogP contribution in [0.2, 0.25) is 0 Å². The minimum absolute atomic E-state index is 0.0974. The van der Waals surface area contributed by atoms with Crippen LogP contribution in [0.5, 0.6) is 0 Å². The van der Waals surface area contributed by atoms with Crippen molar-refractivity contribution in [1.29, 1.82) is 5.26 Å². The highest BCUT2D eigenvalue weighted by atomic mass is 16.5. The first-order valence-corrected chi connectivity index (χ1v) is 5.88. The molecule has 0 aliphatic carbocycles. The largest absolute Gasteiger partial charge is 0.387 e. The van der Waals surface area contributed by atoms with Gasteiger partial charge in [0.1, 0.15) is 6.61 Å². The van der Waals surface area contributed by atoms with Crippen molar-refractivity contribution in [3.8, 4) is 6.07 Å². The Hall–Kier alpha value is -1.94. The summed E-state index contributed by atoms with van der Waals surface area (Å²) in [6.45, 7) is 1.13. The van der Waals surface area contributed by atoms with Crippen molar-refractivity contribution in [3.63, 3.8) is 0 Å². The third kappa shape index (κ3) is 5.97. The number of ether oxygens (including phenoxy) is 1. The van der Waals surface area contributed by atoms with Gasteiger partial charge in [0.2, 0.25) is 5.91 Å². The maximum Gasteiger partial charge on any atom is 0.243 e. The Labute approximate surface area is 111 Å². The first-order valence-electron chi connectivity index (χ1n) is 5.88. The van der Waals surface area contributed by atoms with Gasteiger partial charge in [-0.1, -0.05) is 12.1 Å². The first kappa shape index (κ1) is 15.1. The Morgan fingerprint density at radius 1 is 1.47 bits per heavy atom. The number of nitrogens with two attached hydrogens (primary N) is 1. The molecule has 1 amide bonds. The Morgan fingerprint density at radius 3 is 2.74 bits per heavy atom.